The van der Waals surface area contributed by atoms with Gasteiger partial charge in [-0.25, -0.2) is 4.79 Å². The number of nitrogens with one attached hydrogen (secondary N) is 2. The van der Waals surface area contributed by atoms with Gasteiger partial charge in [0.2, 0.25) is 5.91 Å². The SMILES string of the molecule is CC(C)(C)OC(=O)[C@H](C/C=C\c1ccccc1)NC(=O)[C@H](Cc1ccccc1)NC(=O)C(F)(F)F. The number of esters is 1. The van der Waals surface area contributed by atoms with Gasteiger partial charge in [-0.3, -0.25) is 9.59 Å². The molecule has 2 N–H and O–H groups in total. The normalized spacial score (nSPS) is 13.7. The van der Waals surface area contributed by atoms with Crippen LogP contribution in [0.3, 0.4) is 0 Å². The van der Waals surface area contributed by atoms with Crippen molar-refractivity contribution in [2.24, 2.45) is 0 Å². The van der Waals surface area contributed by atoms with E-state index in [1.54, 1.807) is 68.6 Å². The third kappa shape index (κ3) is 10.0. The molecule has 2 aromatic carbocycles. The second kappa shape index (κ2) is 12.2. The van der Waals surface area contributed by atoms with Crippen LogP contribution in [0.25, 0.3) is 6.08 Å². The fraction of sp³-hybridized carbons (Fsp3) is 0.346. The quantitative estimate of drug-likeness (QED) is 0.516. The van der Waals surface area contributed by atoms with Gasteiger partial charge in [0.25, 0.3) is 0 Å². The summed E-state index contributed by atoms with van der Waals surface area (Å²) in [5.74, 6) is -3.93. The van der Waals surface area contributed by atoms with Gasteiger partial charge in [-0.2, -0.15) is 13.2 Å². The Kier molecular flexibility index (Phi) is 9.62. The topological polar surface area (TPSA) is 84.5 Å². The number of alkyl halides is 3. The van der Waals surface area contributed by atoms with E-state index in [0.29, 0.717) is 5.56 Å². The Morgan fingerprint density at radius 1 is 0.886 bits per heavy atom. The molecule has 6 nitrogen and oxygen atoms in total. The predicted octanol–water partition coefficient (Wildman–Crippen LogP) is 4.21. The molecule has 0 fully saturated rings. The molecule has 0 unspecified atom stereocenters. The standard InChI is InChI=1S/C26H29F3N2O4/c1-25(2,3)35-23(33)20(16-10-15-18-11-6-4-7-12-18)30-22(32)21(31-24(34)26(27,28)29)17-19-13-8-5-9-14-19/h4-15,20-21H,16-17H2,1-3H3,(H,30,32)(H,31,34)/b15-10-/t20-,21-/m0/s1. The zero-order valence-electron chi connectivity index (χ0n) is 19.8. The first-order valence-corrected chi connectivity index (χ1v) is 11.0. The van der Waals surface area contributed by atoms with Crippen molar-refractivity contribution in [1.82, 2.24) is 10.6 Å². The maximum absolute atomic E-state index is 13.0. The summed E-state index contributed by atoms with van der Waals surface area (Å²) in [6.45, 7) is 4.97. The molecule has 2 atom stereocenters. The lowest BCUT2D eigenvalue weighted by Crippen LogP contribution is -2.55. The van der Waals surface area contributed by atoms with Gasteiger partial charge < -0.3 is 15.4 Å². The van der Waals surface area contributed by atoms with Crippen LogP contribution in [0, 0.1) is 0 Å². The molecule has 2 aromatic rings. The zero-order chi connectivity index (χ0) is 26.1. The number of hydrogen-bond donors (Lipinski definition) is 2. The molecule has 0 aromatic heterocycles. The number of benzene rings is 2. The summed E-state index contributed by atoms with van der Waals surface area (Å²) in [6, 6.07) is 14.8. The highest BCUT2D eigenvalue weighted by Gasteiger charge is 2.41. The largest absolute Gasteiger partial charge is 0.471 e. The van der Waals surface area contributed by atoms with E-state index in [1.807, 2.05) is 30.3 Å². The maximum atomic E-state index is 13.0. The Balaban J connectivity index is 2.23. The first-order valence-electron chi connectivity index (χ1n) is 11.0. The lowest BCUT2D eigenvalue weighted by molar-refractivity contribution is -0.174. The number of rotatable bonds is 9. The van der Waals surface area contributed by atoms with Crippen LogP contribution in [0.5, 0.6) is 0 Å². The summed E-state index contributed by atoms with van der Waals surface area (Å²) in [7, 11) is 0. The van der Waals surface area contributed by atoms with E-state index < -0.39 is 41.6 Å². The van der Waals surface area contributed by atoms with Gasteiger partial charge in [0.05, 0.1) is 0 Å². The summed E-state index contributed by atoms with van der Waals surface area (Å²) in [5, 5.41) is 4.19. The summed E-state index contributed by atoms with van der Waals surface area (Å²) < 4.78 is 44.0. The van der Waals surface area contributed by atoms with Crippen molar-refractivity contribution in [3.05, 3.63) is 77.9 Å². The monoisotopic (exact) mass is 490 g/mol. The Morgan fingerprint density at radius 3 is 2.00 bits per heavy atom. The van der Waals surface area contributed by atoms with Gasteiger partial charge in [-0.1, -0.05) is 72.8 Å². The first kappa shape index (κ1) is 27.6. The molecule has 35 heavy (non-hydrogen) atoms. The Labute approximate surface area is 202 Å². The lowest BCUT2D eigenvalue weighted by Gasteiger charge is -2.26. The number of carbonyl (C=O) groups is 3. The van der Waals surface area contributed by atoms with Gasteiger partial charge in [0.15, 0.2) is 0 Å². The van der Waals surface area contributed by atoms with E-state index in [-0.39, 0.29) is 12.8 Å². The molecule has 0 saturated carbocycles. The zero-order valence-corrected chi connectivity index (χ0v) is 19.8. The molecule has 0 radical (unpaired) electrons. The highest BCUT2D eigenvalue weighted by Crippen LogP contribution is 2.16. The number of carbonyl (C=O) groups excluding carboxylic acids is 3. The number of hydrogen-bond acceptors (Lipinski definition) is 4. The van der Waals surface area contributed by atoms with Crippen LogP contribution in [-0.4, -0.2) is 41.6 Å². The van der Waals surface area contributed by atoms with Crippen molar-refractivity contribution in [2.75, 3.05) is 0 Å². The average Bonchev–Trinajstić information content (AvgIpc) is 2.77. The minimum absolute atomic E-state index is 0.0286. The molecular weight excluding hydrogens is 461 g/mol. The summed E-state index contributed by atoms with van der Waals surface area (Å²) >= 11 is 0. The van der Waals surface area contributed by atoms with Crippen LogP contribution >= 0.6 is 0 Å². The van der Waals surface area contributed by atoms with E-state index >= 15 is 0 Å². The molecule has 0 spiro atoms. The smallest absolute Gasteiger partial charge is 0.458 e. The minimum Gasteiger partial charge on any atom is -0.458 e. The fourth-order valence-corrected chi connectivity index (χ4v) is 3.06. The van der Waals surface area contributed by atoms with E-state index in [0.717, 1.165) is 5.56 Å². The summed E-state index contributed by atoms with van der Waals surface area (Å²) in [5.41, 5.74) is 0.547. The molecule has 188 valence electrons. The molecule has 2 rings (SSSR count). The number of amides is 2. The molecule has 0 bridgehead atoms. The summed E-state index contributed by atoms with van der Waals surface area (Å²) in [4.78, 5) is 37.3. The average molecular weight is 491 g/mol. The predicted molar refractivity (Wildman–Crippen MR) is 126 cm³/mol. The Morgan fingerprint density at radius 2 is 1.46 bits per heavy atom. The van der Waals surface area contributed by atoms with Crippen molar-refractivity contribution >= 4 is 23.9 Å². The van der Waals surface area contributed by atoms with Gasteiger partial charge >= 0.3 is 18.1 Å². The molecule has 0 saturated heterocycles. The van der Waals surface area contributed by atoms with Gasteiger partial charge in [0, 0.05) is 6.42 Å². The first-order chi connectivity index (χ1) is 16.3. The van der Waals surface area contributed by atoms with Crippen LogP contribution in [0.2, 0.25) is 0 Å². The molecule has 9 heteroatoms. The van der Waals surface area contributed by atoms with E-state index in [2.05, 4.69) is 5.32 Å². The van der Waals surface area contributed by atoms with Crippen LogP contribution in [0.15, 0.2) is 66.7 Å². The molecule has 2 amide bonds. The lowest BCUT2D eigenvalue weighted by atomic mass is 10.0. The molecule has 0 aliphatic carbocycles. The van der Waals surface area contributed by atoms with Gasteiger partial charge in [0.1, 0.15) is 17.7 Å². The van der Waals surface area contributed by atoms with Gasteiger partial charge in [-0.15, -0.1) is 0 Å². The summed E-state index contributed by atoms with van der Waals surface area (Å²) in [6.07, 6.45) is -1.94. The highest BCUT2D eigenvalue weighted by molar-refractivity contribution is 5.92. The molecule has 0 aliphatic heterocycles. The van der Waals surface area contributed by atoms with Crippen molar-refractivity contribution in [1.29, 1.82) is 0 Å². The fourth-order valence-electron chi connectivity index (χ4n) is 3.06. The van der Waals surface area contributed by atoms with Gasteiger partial charge in [-0.05, 0) is 38.3 Å². The van der Waals surface area contributed by atoms with E-state index in [4.69, 9.17) is 4.74 Å². The molecular formula is C26H29F3N2O4. The molecule has 0 aliphatic rings. The van der Waals surface area contributed by atoms with Crippen molar-refractivity contribution in [2.45, 2.75) is 57.5 Å². The van der Waals surface area contributed by atoms with Crippen LogP contribution in [0.4, 0.5) is 13.2 Å². The highest BCUT2D eigenvalue weighted by atomic mass is 19.4. The van der Waals surface area contributed by atoms with Crippen LogP contribution in [-0.2, 0) is 25.5 Å². The van der Waals surface area contributed by atoms with Crippen LogP contribution in [0.1, 0.15) is 38.3 Å². The van der Waals surface area contributed by atoms with E-state index in [9.17, 15) is 27.6 Å². The number of ether oxygens (including phenoxy) is 1. The van der Waals surface area contributed by atoms with E-state index in [1.165, 1.54) is 0 Å². The maximum Gasteiger partial charge on any atom is 0.471 e. The Bertz CT molecular complexity index is 1020. The second-order valence-electron chi connectivity index (χ2n) is 8.86. The van der Waals surface area contributed by atoms with Crippen molar-refractivity contribution < 1.29 is 32.3 Å². The third-order valence-corrected chi connectivity index (χ3v) is 4.65. The Hall–Kier alpha value is -3.62. The minimum atomic E-state index is -5.17. The van der Waals surface area contributed by atoms with Crippen LogP contribution < -0.4 is 10.6 Å². The van der Waals surface area contributed by atoms with Crippen molar-refractivity contribution in [3.8, 4) is 0 Å². The number of halogens is 3. The van der Waals surface area contributed by atoms with Crippen molar-refractivity contribution in [3.63, 3.8) is 0 Å². The second-order valence-corrected chi connectivity index (χ2v) is 8.86. The third-order valence-electron chi connectivity index (χ3n) is 4.65. The molecule has 0 heterocycles.